The summed E-state index contributed by atoms with van der Waals surface area (Å²) in [4.78, 5) is 35.2. The maximum Gasteiger partial charge on any atom is 0.309 e. The molecule has 1 fully saturated rings. The summed E-state index contributed by atoms with van der Waals surface area (Å²) in [5.74, 6) is -1.57. The first-order valence-electron chi connectivity index (χ1n) is 7.64. The van der Waals surface area contributed by atoms with E-state index in [2.05, 4.69) is 10.6 Å². The molecule has 0 heterocycles. The van der Waals surface area contributed by atoms with E-state index in [1.807, 2.05) is 6.92 Å². The molecule has 0 bridgehead atoms. The summed E-state index contributed by atoms with van der Waals surface area (Å²) in [6.45, 7) is 4.82. The van der Waals surface area contributed by atoms with Crippen LogP contribution in [0.2, 0.25) is 0 Å². The Hall–Kier alpha value is -2.37. The van der Waals surface area contributed by atoms with Crippen LogP contribution in [0.25, 0.3) is 0 Å². The van der Waals surface area contributed by atoms with Crippen LogP contribution in [-0.2, 0) is 9.59 Å². The molecule has 23 heavy (non-hydrogen) atoms. The number of hydrogen-bond donors (Lipinski definition) is 3. The van der Waals surface area contributed by atoms with Gasteiger partial charge in [-0.1, -0.05) is 6.07 Å². The standard InChI is InChI=1S/C17H22N2O4/c1-10-4-5-11(15(21)18-12-6-7-12)8-13(10)19-14(20)9-17(2,3)16(22)23/h4-5,8,12H,6-7,9H2,1-3H3,(H,18,21)(H,19,20)(H,22,23). The molecule has 0 spiro atoms. The summed E-state index contributed by atoms with van der Waals surface area (Å²) in [5, 5.41) is 14.7. The van der Waals surface area contributed by atoms with Gasteiger partial charge in [-0.05, 0) is 51.3 Å². The lowest BCUT2D eigenvalue weighted by Gasteiger charge is -2.19. The molecule has 1 saturated carbocycles. The first-order valence-corrected chi connectivity index (χ1v) is 7.64. The number of aryl methyl sites for hydroxylation is 1. The van der Waals surface area contributed by atoms with Crippen molar-refractivity contribution >= 4 is 23.5 Å². The lowest BCUT2D eigenvalue weighted by molar-refractivity contribution is -0.148. The number of carboxylic acids is 1. The van der Waals surface area contributed by atoms with Crippen molar-refractivity contribution in [3.63, 3.8) is 0 Å². The minimum absolute atomic E-state index is 0.139. The van der Waals surface area contributed by atoms with Crippen molar-refractivity contribution < 1.29 is 19.5 Å². The minimum atomic E-state index is -1.14. The van der Waals surface area contributed by atoms with E-state index in [4.69, 9.17) is 5.11 Å². The number of aliphatic carboxylic acids is 1. The largest absolute Gasteiger partial charge is 0.481 e. The van der Waals surface area contributed by atoms with E-state index in [-0.39, 0.29) is 24.3 Å². The quantitative estimate of drug-likeness (QED) is 0.750. The summed E-state index contributed by atoms with van der Waals surface area (Å²) in [5.41, 5.74) is 0.684. The van der Waals surface area contributed by atoms with Crippen molar-refractivity contribution in [2.24, 2.45) is 5.41 Å². The van der Waals surface area contributed by atoms with Crippen molar-refractivity contribution in [2.75, 3.05) is 5.32 Å². The van der Waals surface area contributed by atoms with Crippen LogP contribution in [0.1, 0.15) is 49.0 Å². The van der Waals surface area contributed by atoms with Crippen LogP contribution in [-0.4, -0.2) is 28.9 Å². The van der Waals surface area contributed by atoms with Gasteiger partial charge in [0.1, 0.15) is 0 Å². The normalized spacial score (nSPS) is 14.2. The average Bonchev–Trinajstić information content (AvgIpc) is 3.24. The molecule has 0 aromatic heterocycles. The second kappa shape index (κ2) is 6.40. The molecule has 1 aromatic rings. The van der Waals surface area contributed by atoms with Gasteiger partial charge in [-0.25, -0.2) is 0 Å². The molecular weight excluding hydrogens is 296 g/mol. The topological polar surface area (TPSA) is 95.5 Å². The van der Waals surface area contributed by atoms with Crippen LogP contribution in [0.15, 0.2) is 18.2 Å². The van der Waals surface area contributed by atoms with Crippen LogP contribution < -0.4 is 10.6 Å². The first-order chi connectivity index (χ1) is 10.7. The van der Waals surface area contributed by atoms with Crippen molar-refractivity contribution in [1.29, 1.82) is 0 Å². The van der Waals surface area contributed by atoms with Crippen molar-refractivity contribution in [3.8, 4) is 0 Å². The van der Waals surface area contributed by atoms with Crippen molar-refractivity contribution in [1.82, 2.24) is 5.32 Å². The Labute approximate surface area is 135 Å². The smallest absolute Gasteiger partial charge is 0.309 e. The first kappa shape index (κ1) is 17.0. The molecule has 0 saturated heterocycles. The van der Waals surface area contributed by atoms with Crippen molar-refractivity contribution in [2.45, 2.75) is 46.1 Å². The number of carbonyl (C=O) groups excluding carboxylic acids is 2. The number of carbonyl (C=O) groups is 3. The van der Waals surface area contributed by atoms with Gasteiger partial charge in [0.15, 0.2) is 0 Å². The number of nitrogens with one attached hydrogen (secondary N) is 2. The number of carboxylic acid groups (broad SMARTS) is 1. The average molecular weight is 318 g/mol. The van der Waals surface area contributed by atoms with Crippen LogP contribution in [0.3, 0.4) is 0 Å². The van der Waals surface area contributed by atoms with Crippen LogP contribution in [0, 0.1) is 12.3 Å². The van der Waals surface area contributed by atoms with E-state index in [0.29, 0.717) is 11.3 Å². The van der Waals surface area contributed by atoms with Gasteiger partial charge >= 0.3 is 5.97 Å². The third-order valence-electron chi connectivity index (χ3n) is 3.87. The van der Waals surface area contributed by atoms with E-state index >= 15 is 0 Å². The highest BCUT2D eigenvalue weighted by molar-refractivity contribution is 5.98. The number of amides is 2. The fourth-order valence-electron chi connectivity index (χ4n) is 2.07. The molecule has 0 aliphatic heterocycles. The lowest BCUT2D eigenvalue weighted by Crippen LogP contribution is -2.30. The number of rotatable bonds is 6. The zero-order valence-corrected chi connectivity index (χ0v) is 13.6. The van der Waals surface area contributed by atoms with Crippen molar-refractivity contribution in [3.05, 3.63) is 29.3 Å². The zero-order valence-electron chi connectivity index (χ0n) is 13.6. The molecule has 6 heteroatoms. The molecule has 2 rings (SSSR count). The third-order valence-corrected chi connectivity index (χ3v) is 3.87. The highest BCUT2D eigenvalue weighted by Gasteiger charge is 2.30. The number of anilines is 1. The molecule has 3 N–H and O–H groups in total. The fraction of sp³-hybridized carbons (Fsp3) is 0.471. The second-order valence-electron chi connectivity index (χ2n) is 6.69. The summed E-state index contributed by atoms with van der Waals surface area (Å²) in [7, 11) is 0. The van der Waals surface area contributed by atoms with E-state index in [1.54, 1.807) is 18.2 Å². The van der Waals surface area contributed by atoms with Crippen LogP contribution in [0.4, 0.5) is 5.69 Å². The Morgan fingerprint density at radius 3 is 2.48 bits per heavy atom. The van der Waals surface area contributed by atoms with Gasteiger partial charge in [-0.2, -0.15) is 0 Å². The second-order valence-corrected chi connectivity index (χ2v) is 6.69. The maximum atomic E-state index is 12.1. The maximum absolute atomic E-state index is 12.1. The van der Waals surface area contributed by atoms with Gasteiger partial charge in [0.05, 0.1) is 5.41 Å². The molecule has 1 aliphatic carbocycles. The predicted molar refractivity (Wildman–Crippen MR) is 86.3 cm³/mol. The molecular formula is C17H22N2O4. The summed E-state index contributed by atoms with van der Waals surface area (Å²) in [6.07, 6.45) is 1.87. The Bertz CT molecular complexity index is 648. The Balaban J connectivity index is 2.07. The highest BCUT2D eigenvalue weighted by Crippen LogP contribution is 2.24. The van der Waals surface area contributed by atoms with Gasteiger partial charge in [0.25, 0.3) is 5.91 Å². The molecule has 124 valence electrons. The van der Waals surface area contributed by atoms with Gasteiger partial charge < -0.3 is 15.7 Å². The Morgan fingerprint density at radius 1 is 1.26 bits per heavy atom. The Kier molecular flexibility index (Phi) is 4.73. The SMILES string of the molecule is Cc1ccc(C(=O)NC2CC2)cc1NC(=O)CC(C)(C)C(=O)O. The highest BCUT2D eigenvalue weighted by atomic mass is 16.4. The van der Waals surface area contributed by atoms with Gasteiger partial charge in [0, 0.05) is 23.7 Å². The lowest BCUT2D eigenvalue weighted by atomic mass is 9.89. The predicted octanol–water partition coefficient (Wildman–Crippen LogP) is 2.33. The molecule has 0 unspecified atom stereocenters. The van der Waals surface area contributed by atoms with E-state index in [1.165, 1.54) is 13.8 Å². The molecule has 1 aliphatic rings. The molecule has 0 radical (unpaired) electrons. The fourth-order valence-corrected chi connectivity index (χ4v) is 2.07. The van der Waals surface area contributed by atoms with Gasteiger partial charge in [-0.3, -0.25) is 14.4 Å². The molecule has 6 nitrogen and oxygen atoms in total. The van der Waals surface area contributed by atoms with Crippen LogP contribution in [0.5, 0.6) is 0 Å². The molecule has 2 amide bonds. The third kappa shape index (κ3) is 4.55. The summed E-state index contributed by atoms with van der Waals surface area (Å²) < 4.78 is 0. The monoisotopic (exact) mass is 318 g/mol. The number of hydrogen-bond acceptors (Lipinski definition) is 3. The minimum Gasteiger partial charge on any atom is -0.481 e. The zero-order chi connectivity index (χ0) is 17.2. The van der Waals surface area contributed by atoms with E-state index < -0.39 is 11.4 Å². The van der Waals surface area contributed by atoms with E-state index in [0.717, 1.165) is 18.4 Å². The van der Waals surface area contributed by atoms with E-state index in [9.17, 15) is 14.4 Å². The Morgan fingerprint density at radius 2 is 1.91 bits per heavy atom. The number of benzene rings is 1. The molecule has 0 atom stereocenters. The van der Waals surface area contributed by atoms with Crippen LogP contribution >= 0.6 is 0 Å². The van der Waals surface area contributed by atoms with Gasteiger partial charge in [0.2, 0.25) is 5.91 Å². The molecule has 1 aromatic carbocycles. The summed E-state index contributed by atoms with van der Waals surface area (Å²) >= 11 is 0. The van der Waals surface area contributed by atoms with Gasteiger partial charge in [-0.15, -0.1) is 0 Å². The summed E-state index contributed by atoms with van der Waals surface area (Å²) in [6, 6.07) is 5.36.